The molecule has 0 bridgehead atoms. The van der Waals surface area contributed by atoms with Crippen LogP contribution in [0.25, 0.3) is 0 Å². The highest BCUT2D eigenvalue weighted by Crippen LogP contribution is 2.25. The standard InChI is InChI=1S/C13H17BrN2O2.ClH/c1-18-12-7-9(14)4-5-11(12)13(17)16-6-2-3-10(15)8-16;/h4-5,7,10H,2-3,6,8,15H2,1H3;1H/t10-;/m1./s1. The summed E-state index contributed by atoms with van der Waals surface area (Å²) in [7, 11) is 1.57. The number of nitrogens with two attached hydrogens (primary N) is 1. The fourth-order valence-electron chi connectivity index (χ4n) is 2.21. The number of rotatable bonds is 2. The third kappa shape index (κ3) is 3.84. The molecule has 0 radical (unpaired) electrons. The van der Waals surface area contributed by atoms with Gasteiger partial charge in [0.2, 0.25) is 0 Å². The lowest BCUT2D eigenvalue weighted by atomic mass is 10.0. The average molecular weight is 350 g/mol. The second-order valence-electron chi connectivity index (χ2n) is 4.50. The van der Waals surface area contributed by atoms with Crippen LogP contribution in [0.3, 0.4) is 0 Å². The molecular formula is C13H18BrClN2O2. The monoisotopic (exact) mass is 348 g/mol. The molecule has 1 saturated heterocycles. The summed E-state index contributed by atoms with van der Waals surface area (Å²) in [5.74, 6) is 0.586. The summed E-state index contributed by atoms with van der Waals surface area (Å²) in [6.07, 6.45) is 1.95. The number of carbonyl (C=O) groups excluding carboxylic acids is 1. The molecule has 1 fully saturated rings. The third-order valence-corrected chi connectivity index (χ3v) is 3.63. The van der Waals surface area contributed by atoms with Crippen molar-refractivity contribution in [2.45, 2.75) is 18.9 Å². The zero-order valence-electron chi connectivity index (χ0n) is 10.8. The summed E-state index contributed by atoms with van der Waals surface area (Å²) in [6, 6.07) is 5.52. The fourth-order valence-corrected chi connectivity index (χ4v) is 2.55. The summed E-state index contributed by atoms with van der Waals surface area (Å²) in [6.45, 7) is 1.39. The molecule has 0 aromatic heterocycles. The van der Waals surface area contributed by atoms with E-state index >= 15 is 0 Å². The minimum absolute atomic E-state index is 0. The van der Waals surface area contributed by atoms with Gasteiger partial charge in [0, 0.05) is 23.6 Å². The molecule has 19 heavy (non-hydrogen) atoms. The van der Waals surface area contributed by atoms with Gasteiger partial charge in [-0.25, -0.2) is 0 Å². The Morgan fingerprint density at radius 2 is 2.26 bits per heavy atom. The quantitative estimate of drug-likeness (QED) is 0.892. The number of methoxy groups -OCH3 is 1. The van der Waals surface area contributed by atoms with Crippen molar-refractivity contribution in [3.05, 3.63) is 28.2 Å². The highest BCUT2D eigenvalue weighted by molar-refractivity contribution is 9.10. The number of halogens is 2. The molecule has 0 unspecified atom stereocenters. The molecule has 1 heterocycles. The fraction of sp³-hybridized carbons (Fsp3) is 0.462. The van der Waals surface area contributed by atoms with E-state index in [1.165, 1.54) is 0 Å². The highest BCUT2D eigenvalue weighted by Gasteiger charge is 2.24. The minimum Gasteiger partial charge on any atom is -0.496 e. The predicted molar refractivity (Wildman–Crippen MR) is 81.1 cm³/mol. The number of benzene rings is 1. The normalized spacial score (nSPS) is 18.7. The van der Waals surface area contributed by atoms with Gasteiger partial charge in [-0.15, -0.1) is 12.4 Å². The first kappa shape index (κ1) is 16.3. The Balaban J connectivity index is 0.00000180. The molecule has 1 aromatic carbocycles. The van der Waals surface area contributed by atoms with E-state index in [1.54, 1.807) is 24.1 Å². The SMILES string of the molecule is COc1cc(Br)ccc1C(=O)N1CCC[C@@H](N)C1.Cl. The number of carbonyl (C=O) groups is 1. The van der Waals surface area contributed by atoms with Crippen molar-refractivity contribution >= 4 is 34.2 Å². The van der Waals surface area contributed by atoms with Crippen LogP contribution < -0.4 is 10.5 Å². The number of hydrogen-bond acceptors (Lipinski definition) is 3. The van der Waals surface area contributed by atoms with E-state index in [2.05, 4.69) is 15.9 Å². The van der Waals surface area contributed by atoms with Gasteiger partial charge in [-0.2, -0.15) is 0 Å². The summed E-state index contributed by atoms with van der Waals surface area (Å²) >= 11 is 3.37. The van der Waals surface area contributed by atoms with E-state index < -0.39 is 0 Å². The van der Waals surface area contributed by atoms with Crippen molar-refractivity contribution in [3.63, 3.8) is 0 Å². The Hall–Kier alpha value is -0.780. The van der Waals surface area contributed by atoms with Crippen LogP contribution in [-0.4, -0.2) is 37.0 Å². The molecule has 1 atom stereocenters. The number of likely N-dealkylation sites (tertiary alicyclic amines) is 1. The molecule has 106 valence electrons. The van der Waals surface area contributed by atoms with Gasteiger partial charge in [0.15, 0.2) is 0 Å². The van der Waals surface area contributed by atoms with Crippen molar-refractivity contribution in [2.24, 2.45) is 5.73 Å². The van der Waals surface area contributed by atoms with Gasteiger partial charge in [-0.1, -0.05) is 15.9 Å². The first-order chi connectivity index (χ1) is 8.61. The molecule has 1 aliphatic rings. The van der Waals surface area contributed by atoms with Gasteiger partial charge < -0.3 is 15.4 Å². The molecule has 2 rings (SSSR count). The molecule has 1 aromatic rings. The van der Waals surface area contributed by atoms with E-state index in [0.29, 0.717) is 17.9 Å². The van der Waals surface area contributed by atoms with Gasteiger partial charge >= 0.3 is 0 Å². The number of nitrogens with zero attached hydrogens (tertiary/aromatic N) is 1. The number of hydrogen-bond donors (Lipinski definition) is 1. The molecule has 0 spiro atoms. The van der Waals surface area contributed by atoms with Gasteiger partial charge in [0.1, 0.15) is 5.75 Å². The smallest absolute Gasteiger partial charge is 0.257 e. The van der Waals surface area contributed by atoms with Crippen LogP contribution in [0.5, 0.6) is 5.75 Å². The Bertz CT molecular complexity index is 456. The van der Waals surface area contributed by atoms with E-state index in [9.17, 15) is 4.79 Å². The van der Waals surface area contributed by atoms with Crippen LogP contribution in [0.2, 0.25) is 0 Å². The summed E-state index contributed by atoms with van der Waals surface area (Å²) in [5.41, 5.74) is 6.50. The predicted octanol–water partition coefficient (Wildman–Crippen LogP) is 2.44. The first-order valence-electron chi connectivity index (χ1n) is 6.00. The highest BCUT2D eigenvalue weighted by atomic mass is 79.9. The maximum Gasteiger partial charge on any atom is 0.257 e. The van der Waals surface area contributed by atoms with Crippen LogP contribution >= 0.6 is 28.3 Å². The van der Waals surface area contributed by atoms with Crippen LogP contribution in [0.1, 0.15) is 23.2 Å². The Labute approximate surface area is 127 Å². The number of ether oxygens (including phenoxy) is 1. The summed E-state index contributed by atoms with van der Waals surface area (Å²) in [4.78, 5) is 14.2. The van der Waals surface area contributed by atoms with Crippen molar-refractivity contribution < 1.29 is 9.53 Å². The van der Waals surface area contributed by atoms with E-state index in [-0.39, 0.29) is 24.4 Å². The van der Waals surface area contributed by atoms with Gasteiger partial charge in [0.05, 0.1) is 12.7 Å². The molecular weight excluding hydrogens is 332 g/mol. The molecule has 0 saturated carbocycles. The topological polar surface area (TPSA) is 55.6 Å². The van der Waals surface area contributed by atoms with Crippen molar-refractivity contribution in [1.82, 2.24) is 4.90 Å². The largest absolute Gasteiger partial charge is 0.496 e. The first-order valence-corrected chi connectivity index (χ1v) is 6.79. The van der Waals surface area contributed by atoms with Crippen molar-refractivity contribution in [2.75, 3.05) is 20.2 Å². The Morgan fingerprint density at radius 3 is 2.89 bits per heavy atom. The molecule has 2 N–H and O–H groups in total. The van der Waals surface area contributed by atoms with E-state index in [4.69, 9.17) is 10.5 Å². The van der Waals surface area contributed by atoms with Crippen LogP contribution in [-0.2, 0) is 0 Å². The van der Waals surface area contributed by atoms with Crippen LogP contribution in [0.4, 0.5) is 0 Å². The Morgan fingerprint density at radius 1 is 1.53 bits per heavy atom. The lowest BCUT2D eigenvalue weighted by Crippen LogP contribution is -2.45. The Kier molecular flexibility index (Phi) is 6.10. The zero-order valence-corrected chi connectivity index (χ0v) is 13.2. The summed E-state index contributed by atoms with van der Waals surface area (Å²) < 4.78 is 6.15. The van der Waals surface area contributed by atoms with Crippen molar-refractivity contribution in [3.8, 4) is 5.75 Å². The van der Waals surface area contributed by atoms with Gasteiger partial charge in [0.25, 0.3) is 5.91 Å². The number of amides is 1. The van der Waals surface area contributed by atoms with Crippen LogP contribution in [0, 0.1) is 0 Å². The third-order valence-electron chi connectivity index (χ3n) is 3.14. The molecule has 6 heteroatoms. The zero-order chi connectivity index (χ0) is 13.1. The van der Waals surface area contributed by atoms with Gasteiger partial charge in [-0.05, 0) is 31.0 Å². The van der Waals surface area contributed by atoms with Gasteiger partial charge in [-0.3, -0.25) is 4.79 Å². The maximum atomic E-state index is 12.4. The van der Waals surface area contributed by atoms with Crippen LogP contribution in [0.15, 0.2) is 22.7 Å². The average Bonchev–Trinajstić information content (AvgIpc) is 2.37. The lowest BCUT2D eigenvalue weighted by molar-refractivity contribution is 0.0705. The molecule has 0 aliphatic carbocycles. The molecule has 1 amide bonds. The van der Waals surface area contributed by atoms with E-state index in [0.717, 1.165) is 23.9 Å². The maximum absolute atomic E-state index is 12.4. The summed E-state index contributed by atoms with van der Waals surface area (Å²) in [5, 5.41) is 0. The lowest BCUT2D eigenvalue weighted by Gasteiger charge is -2.31. The molecule has 4 nitrogen and oxygen atoms in total. The second-order valence-corrected chi connectivity index (χ2v) is 5.41. The van der Waals surface area contributed by atoms with Crippen molar-refractivity contribution in [1.29, 1.82) is 0 Å². The second kappa shape index (κ2) is 7.12. The number of piperidine rings is 1. The van der Waals surface area contributed by atoms with E-state index in [1.807, 2.05) is 6.07 Å². The minimum atomic E-state index is -0.00509. The molecule has 1 aliphatic heterocycles.